The summed E-state index contributed by atoms with van der Waals surface area (Å²) < 4.78 is 38.9. The Morgan fingerprint density at radius 1 is 1.24 bits per heavy atom. The van der Waals surface area contributed by atoms with Crippen molar-refractivity contribution in [2.75, 3.05) is 20.3 Å². The summed E-state index contributed by atoms with van der Waals surface area (Å²) in [6, 6.07) is 4.89. The van der Waals surface area contributed by atoms with Crippen LogP contribution in [-0.2, 0) is 31.2 Å². The number of fused-ring (bicyclic) bond motifs is 1. The van der Waals surface area contributed by atoms with Gasteiger partial charge in [-0.25, -0.2) is 9.48 Å². The molecule has 0 saturated carbocycles. The van der Waals surface area contributed by atoms with E-state index < -0.39 is 24.1 Å². The van der Waals surface area contributed by atoms with Crippen LogP contribution in [-0.4, -0.2) is 81.2 Å². The lowest BCUT2D eigenvalue weighted by Gasteiger charge is -2.35. The number of carbonyl (C=O) groups excluding carboxylic acids is 3. The van der Waals surface area contributed by atoms with Gasteiger partial charge < -0.3 is 20.1 Å². The highest BCUT2D eigenvalue weighted by Crippen LogP contribution is 2.32. The summed E-state index contributed by atoms with van der Waals surface area (Å²) in [5, 5.41) is 21.6. The average molecular weight is 538 g/mol. The summed E-state index contributed by atoms with van der Waals surface area (Å²) in [4.78, 5) is 47.0. The molecule has 3 N–H and O–H groups in total. The van der Waals surface area contributed by atoms with Gasteiger partial charge in [0.25, 0.3) is 5.91 Å². The molecule has 3 amide bonds. The molecule has 2 saturated heterocycles. The van der Waals surface area contributed by atoms with E-state index in [9.17, 15) is 27.6 Å². The lowest BCUT2D eigenvalue weighted by molar-refractivity contribution is -0.192. The number of aromatic nitrogens is 3. The fraction of sp³-hybridized carbons (Fsp3) is 0.478. The normalized spacial score (nSPS) is 20.9. The van der Waals surface area contributed by atoms with E-state index in [1.807, 2.05) is 25.4 Å². The maximum absolute atomic E-state index is 12.9. The van der Waals surface area contributed by atoms with Crippen LogP contribution in [0.3, 0.4) is 0 Å². The van der Waals surface area contributed by atoms with Crippen molar-refractivity contribution in [3.05, 3.63) is 41.2 Å². The van der Waals surface area contributed by atoms with E-state index in [-0.39, 0.29) is 23.8 Å². The number of aliphatic carboxylic acids is 1. The van der Waals surface area contributed by atoms with Crippen LogP contribution in [0.25, 0.3) is 5.69 Å². The largest absolute Gasteiger partial charge is 0.490 e. The van der Waals surface area contributed by atoms with Gasteiger partial charge in [0.1, 0.15) is 11.7 Å². The Hall–Kier alpha value is -3.85. The van der Waals surface area contributed by atoms with Crippen molar-refractivity contribution in [3.8, 4) is 5.69 Å². The number of alkyl halides is 3. The highest BCUT2D eigenvalue weighted by Gasteiger charge is 2.40. The molecule has 38 heavy (non-hydrogen) atoms. The third-order valence-electron chi connectivity index (χ3n) is 6.82. The van der Waals surface area contributed by atoms with Gasteiger partial charge in [-0.2, -0.15) is 13.2 Å². The Labute approximate surface area is 214 Å². The van der Waals surface area contributed by atoms with Crippen LogP contribution in [0.1, 0.15) is 47.3 Å². The Morgan fingerprint density at radius 3 is 2.53 bits per heavy atom. The summed E-state index contributed by atoms with van der Waals surface area (Å²) in [6.45, 7) is 1.67. The minimum Gasteiger partial charge on any atom is -0.475 e. The molecule has 3 aliphatic heterocycles. The third-order valence-corrected chi connectivity index (χ3v) is 6.82. The number of carbonyl (C=O) groups is 4. The molecule has 0 bridgehead atoms. The second-order valence-corrected chi connectivity index (χ2v) is 9.04. The van der Waals surface area contributed by atoms with E-state index in [0.717, 1.165) is 29.8 Å². The van der Waals surface area contributed by atoms with Gasteiger partial charge in [0.2, 0.25) is 11.8 Å². The number of amides is 3. The Morgan fingerprint density at radius 2 is 1.92 bits per heavy atom. The summed E-state index contributed by atoms with van der Waals surface area (Å²) in [5.74, 6) is -3.65. The van der Waals surface area contributed by atoms with E-state index >= 15 is 0 Å². The van der Waals surface area contributed by atoms with Crippen molar-refractivity contribution >= 4 is 23.7 Å². The Kier molecular flexibility index (Phi) is 7.51. The molecule has 204 valence electrons. The first-order valence-electron chi connectivity index (χ1n) is 11.7. The number of halogens is 3. The van der Waals surface area contributed by atoms with Crippen molar-refractivity contribution < 1.29 is 42.2 Å². The number of nitrogens with zero attached hydrogens (tertiary/aromatic N) is 4. The molecular weight excluding hydrogens is 513 g/mol. The van der Waals surface area contributed by atoms with Gasteiger partial charge >= 0.3 is 12.1 Å². The first-order chi connectivity index (χ1) is 17.9. The fourth-order valence-corrected chi connectivity index (χ4v) is 4.67. The number of nitrogens with one attached hydrogen (secondary N) is 2. The van der Waals surface area contributed by atoms with Crippen LogP contribution < -0.4 is 10.6 Å². The number of piperidine rings is 1. The second kappa shape index (κ2) is 10.5. The van der Waals surface area contributed by atoms with Gasteiger partial charge in [-0.1, -0.05) is 5.21 Å². The molecule has 12 nitrogen and oxygen atoms in total. The first-order valence-corrected chi connectivity index (χ1v) is 11.7. The maximum Gasteiger partial charge on any atom is 0.490 e. The molecule has 2 fully saturated rings. The molecule has 4 heterocycles. The van der Waals surface area contributed by atoms with Crippen LogP contribution in [0.15, 0.2) is 24.4 Å². The fourth-order valence-electron chi connectivity index (χ4n) is 4.67. The van der Waals surface area contributed by atoms with Gasteiger partial charge in [0.15, 0.2) is 0 Å². The molecule has 1 unspecified atom stereocenters. The number of benzene rings is 1. The quantitative estimate of drug-likeness (QED) is 0.481. The van der Waals surface area contributed by atoms with E-state index in [2.05, 4.69) is 20.9 Å². The topological polar surface area (TPSA) is 156 Å². The summed E-state index contributed by atoms with van der Waals surface area (Å²) in [6.07, 6.45) is -0.941. The predicted molar refractivity (Wildman–Crippen MR) is 122 cm³/mol. The SMILES string of the molecule is CNC1(c2cn(-c3ccc4c(c3)CN(C3CCC(=O)NC3=O)C4=O)nn2)CCOCC1.O=C(O)C(F)(F)F. The first kappa shape index (κ1) is 27.2. The monoisotopic (exact) mass is 538 g/mol. The van der Waals surface area contributed by atoms with Gasteiger partial charge in [-0.05, 0) is 50.1 Å². The lowest BCUT2D eigenvalue weighted by atomic mass is 9.87. The zero-order valence-corrected chi connectivity index (χ0v) is 20.2. The highest BCUT2D eigenvalue weighted by molar-refractivity contribution is 6.05. The van der Waals surface area contributed by atoms with Crippen molar-refractivity contribution in [1.82, 2.24) is 30.5 Å². The van der Waals surface area contributed by atoms with Gasteiger partial charge in [-0.3, -0.25) is 19.7 Å². The van der Waals surface area contributed by atoms with E-state index in [1.165, 1.54) is 0 Å². The summed E-state index contributed by atoms with van der Waals surface area (Å²) in [5.41, 5.74) is 2.81. The van der Waals surface area contributed by atoms with Crippen molar-refractivity contribution in [3.63, 3.8) is 0 Å². The molecule has 0 spiro atoms. The number of carboxylic acids is 1. The van der Waals surface area contributed by atoms with Crippen molar-refractivity contribution in [1.29, 1.82) is 0 Å². The summed E-state index contributed by atoms with van der Waals surface area (Å²) in [7, 11) is 1.93. The number of hydrogen-bond donors (Lipinski definition) is 3. The number of carboxylic acid groups (broad SMARTS) is 1. The molecule has 3 aliphatic rings. The maximum atomic E-state index is 12.9. The van der Waals surface area contributed by atoms with E-state index in [0.29, 0.717) is 31.7 Å². The minimum absolute atomic E-state index is 0.188. The molecule has 5 rings (SSSR count). The molecule has 1 aromatic heterocycles. The van der Waals surface area contributed by atoms with Crippen LogP contribution in [0.4, 0.5) is 13.2 Å². The minimum atomic E-state index is -5.08. The number of imide groups is 1. The molecule has 1 atom stereocenters. The summed E-state index contributed by atoms with van der Waals surface area (Å²) >= 11 is 0. The molecule has 0 aliphatic carbocycles. The van der Waals surface area contributed by atoms with Gasteiger partial charge in [0, 0.05) is 31.7 Å². The number of ether oxygens (including phenoxy) is 1. The standard InChI is InChI=1S/C21H24N6O4.C2HF3O2/c1-22-21(6-8-31-9-7-21)17-12-27(25-24-17)14-2-3-15-13(10-14)11-26(20(15)30)16-4-5-18(28)23-19(16)29;3-2(4,5)1(6)7/h2-3,10,12,16,22H,4-9,11H2,1H3,(H,23,28,29);(H,6,7). The Balaban J connectivity index is 0.000000426. The van der Waals surface area contributed by atoms with E-state index in [1.54, 1.807) is 15.6 Å². The number of hydrogen-bond acceptors (Lipinski definition) is 8. The zero-order chi connectivity index (χ0) is 27.7. The molecule has 2 aromatic rings. The van der Waals surface area contributed by atoms with Crippen LogP contribution >= 0.6 is 0 Å². The Bertz CT molecular complexity index is 1260. The average Bonchev–Trinajstić information content (AvgIpc) is 3.50. The van der Waals surface area contributed by atoms with Crippen molar-refractivity contribution in [2.45, 2.75) is 50.0 Å². The van der Waals surface area contributed by atoms with E-state index in [4.69, 9.17) is 14.6 Å². The van der Waals surface area contributed by atoms with Gasteiger partial charge in [0.05, 0.1) is 17.4 Å². The lowest BCUT2D eigenvalue weighted by Crippen LogP contribution is -2.52. The molecule has 1 aromatic carbocycles. The number of rotatable bonds is 4. The zero-order valence-electron chi connectivity index (χ0n) is 20.2. The third kappa shape index (κ3) is 5.38. The van der Waals surface area contributed by atoms with Crippen LogP contribution in [0, 0.1) is 0 Å². The highest BCUT2D eigenvalue weighted by atomic mass is 19.4. The van der Waals surface area contributed by atoms with Crippen molar-refractivity contribution in [2.24, 2.45) is 0 Å². The second-order valence-electron chi connectivity index (χ2n) is 9.04. The molecule has 15 heteroatoms. The van der Waals surface area contributed by atoms with Crippen LogP contribution in [0.2, 0.25) is 0 Å². The predicted octanol–water partition coefficient (Wildman–Crippen LogP) is 0.887. The van der Waals surface area contributed by atoms with Gasteiger partial charge in [-0.15, -0.1) is 5.10 Å². The molecule has 0 radical (unpaired) electrons. The molecular formula is C23H25F3N6O6. The van der Waals surface area contributed by atoms with Crippen LogP contribution in [0.5, 0.6) is 0 Å². The smallest absolute Gasteiger partial charge is 0.475 e.